The number of aliphatic hydroxyl groups is 1. The number of carbonyl (C=O) groups is 1. The van der Waals surface area contributed by atoms with Crippen LogP contribution in [-0.2, 0) is 0 Å². The third-order valence-electron chi connectivity index (χ3n) is 5.56. The lowest BCUT2D eigenvalue weighted by Crippen LogP contribution is -2.57. The number of hydrogen-bond acceptors (Lipinski definition) is 8. The zero-order chi connectivity index (χ0) is 19.6. The van der Waals surface area contributed by atoms with Gasteiger partial charge in [-0.1, -0.05) is 0 Å². The van der Waals surface area contributed by atoms with E-state index >= 15 is 0 Å². The van der Waals surface area contributed by atoms with Crippen molar-refractivity contribution < 1.29 is 14.6 Å². The van der Waals surface area contributed by atoms with E-state index in [0.29, 0.717) is 24.0 Å². The Kier molecular flexibility index (Phi) is 3.68. The van der Waals surface area contributed by atoms with Crippen LogP contribution in [0.4, 0.5) is 5.82 Å². The number of aliphatic hydroxyl groups excluding tert-OH is 1. The number of carbonyl (C=O) groups excluding carboxylic acids is 1. The van der Waals surface area contributed by atoms with Gasteiger partial charge in [-0.15, -0.1) is 0 Å². The van der Waals surface area contributed by atoms with E-state index in [0.717, 1.165) is 24.5 Å². The van der Waals surface area contributed by atoms with Crippen LogP contribution in [0, 0.1) is 0 Å². The molecule has 2 unspecified atom stereocenters. The molecule has 148 valence electrons. The summed E-state index contributed by atoms with van der Waals surface area (Å²) in [4.78, 5) is 23.6. The number of likely N-dealkylation sites (tertiary alicyclic amines) is 1. The van der Waals surface area contributed by atoms with Gasteiger partial charge >= 0.3 is 0 Å². The van der Waals surface area contributed by atoms with Gasteiger partial charge in [0, 0.05) is 31.9 Å². The molecule has 1 amide bonds. The standard InChI is InChI=1S/C18H23N7O3/c1-21(2)15-5-7-24(15)17(26)12-9-13-16(19-12)25(10-28-13)11-4-6-23-14(8-11)20-22(3)18(23)27/h4,6,8-9,15,18-19,27H,5,7,10H2,1-3H3. The Morgan fingerprint density at radius 1 is 1.43 bits per heavy atom. The summed E-state index contributed by atoms with van der Waals surface area (Å²) in [6, 6.07) is 1.77. The maximum atomic E-state index is 12.9. The van der Waals surface area contributed by atoms with Crippen molar-refractivity contribution in [2.75, 3.05) is 39.3 Å². The molecule has 1 aromatic heterocycles. The minimum absolute atomic E-state index is 0.0212. The number of rotatable bonds is 3. The molecule has 1 fully saturated rings. The average molecular weight is 385 g/mol. The van der Waals surface area contributed by atoms with Crippen molar-refractivity contribution in [3.63, 3.8) is 0 Å². The lowest BCUT2D eigenvalue weighted by molar-refractivity contribution is -0.0264. The molecule has 0 saturated carbocycles. The Hall–Kier alpha value is -2.98. The highest BCUT2D eigenvalue weighted by Gasteiger charge is 2.37. The molecule has 4 aliphatic heterocycles. The number of H-pyrrole nitrogens is 1. The van der Waals surface area contributed by atoms with Gasteiger partial charge in [-0.3, -0.25) is 24.5 Å². The van der Waals surface area contributed by atoms with Crippen LogP contribution in [0.15, 0.2) is 35.2 Å². The Morgan fingerprint density at radius 3 is 2.96 bits per heavy atom. The maximum absolute atomic E-state index is 12.9. The van der Waals surface area contributed by atoms with E-state index in [9.17, 15) is 9.90 Å². The van der Waals surface area contributed by atoms with Gasteiger partial charge in [0.25, 0.3) is 5.91 Å². The molecule has 10 nitrogen and oxygen atoms in total. The van der Waals surface area contributed by atoms with E-state index in [2.05, 4.69) is 15.0 Å². The highest BCUT2D eigenvalue weighted by molar-refractivity contribution is 5.98. The number of aromatic nitrogens is 1. The predicted molar refractivity (Wildman–Crippen MR) is 102 cm³/mol. The maximum Gasteiger partial charge on any atom is 0.271 e. The normalized spacial score (nSPS) is 25.5. The summed E-state index contributed by atoms with van der Waals surface area (Å²) in [5.41, 5.74) is 1.39. The first kappa shape index (κ1) is 17.1. The highest BCUT2D eigenvalue weighted by atomic mass is 16.5. The van der Waals surface area contributed by atoms with E-state index in [-0.39, 0.29) is 12.1 Å². The third-order valence-corrected chi connectivity index (χ3v) is 5.56. The molecule has 5 rings (SSSR count). The smallest absolute Gasteiger partial charge is 0.271 e. The first-order chi connectivity index (χ1) is 13.4. The van der Waals surface area contributed by atoms with E-state index in [1.54, 1.807) is 24.2 Å². The zero-order valence-corrected chi connectivity index (χ0v) is 16.0. The molecule has 0 aromatic carbocycles. The summed E-state index contributed by atoms with van der Waals surface area (Å²) >= 11 is 0. The molecule has 28 heavy (non-hydrogen) atoms. The summed E-state index contributed by atoms with van der Waals surface area (Å²) in [5, 5.41) is 15.9. The van der Waals surface area contributed by atoms with Crippen molar-refractivity contribution in [2.24, 2.45) is 5.10 Å². The molecular weight excluding hydrogens is 362 g/mol. The largest absolute Gasteiger partial charge is 0.469 e. The number of hydrazone groups is 1. The molecular formula is C18H23N7O3. The van der Waals surface area contributed by atoms with Crippen molar-refractivity contribution in [1.82, 2.24) is 24.7 Å². The number of allylic oxidation sites excluding steroid dienone is 1. The number of nitrogens with zero attached hydrogens (tertiary/aromatic N) is 6. The van der Waals surface area contributed by atoms with E-state index in [4.69, 9.17) is 4.74 Å². The molecule has 4 aliphatic rings. The van der Waals surface area contributed by atoms with Crippen LogP contribution in [0.5, 0.6) is 5.75 Å². The third kappa shape index (κ3) is 2.41. The molecule has 0 aliphatic carbocycles. The molecule has 5 heterocycles. The molecule has 0 radical (unpaired) electrons. The van der Waals surface area contributed by atoms with Crippen molar-refractivity contribution in [2.45, 2.75) is 18.9 Å². The number of hydrogen-bond donors (Lipinski definition) is 2. The lowest BCUT2D eigenvalue weighted by Gasteiger charge is -2.44. The number of fused-ring (bicyclic) bond motifs is 2. The molecule has 2 N–H and O–H groups in total. The number of ether oxygens (including phenoxy) is 1. The molecule has 1 aromatic rings. The average Bonchev–Trinajstić information content (AvgIpc) is 3.26. The monoisotopic (exact) mass is 385 g/mol. The molecule has 0 bridgehead atoms. The number of amidine groups is 1. The van der Waals surface area contributed by atoms with Gasteiger partial charge in [-0.05, 0) is 26.6 Å². The number of amides is 1. The van der Waals surface area contributed by atoms with Crippen molar-refractivity contribution >= 4 is 17.6 Å². The van der Waals surface area contributed by atoms with E-state index in [1.165, 1.54) is 5.01 Å². The fourth-order valence-corrected chi connectivity index (χ4v) is 3.88. The van der Waals surface area contributed by atoms with Gasteiger partial charge in [0.15, 0.2) is 24.1 Å². The van der Waals surface area contributed by atoms with Gasteiger partial charge in [0.1, 0.15) is 5.69 Å². The summed E-state index contributed by atoms with van der Waals surface area (Å²) in [5.74, 6) is 2.04. The second kappa shape index (κ2) is 6.01. The number of aromatic amines is 1. The summed E-state index contributed by atoms with van der Waals surface area (Å²) in [7, 11) is 5.68. The van der Waals surface area contributed by atoms with Gasteiger partial charge < -0.3 is 19.7 Å². The fourth-order valence-electron chi connectivity index (χ4n) is 3.88. The second-order valence-corrected chi connectivity index (χ2v) is 7.50. The minimum Gasteiger partial charge on any atom is -0.469 e. The van der Waals surface area contributed by atoms with Crippen LogP contribution in [0.25, 0.3) is 0 Å². The van der Waals surface area contributed by atoms with Crippen LogP contribution in [-0.4, -0.2) is 88.5 Å². The van der Waals surface area contributed by atoms with E-state index in [1.807, 2.05) is 36.0 Å². The highest BCUT2D eigenvalue weighted by Crippen LogP contribution is 2.38. The van der Waals surface area contributed by atoms with Crippen molar-refractivity contribution in [3.05, 3.63) is 35.8 Å². The Balaban J connectivity index is 1.39. The van der Waals surface area contributed by atoms with Crippen LogP contribution in [0.1, 0.15) is 16.9 Å². The number of nitrogens with one attached hydrogen (secondary N) is 1. The summed E-state index contributed by atoms with van der Waals surface area (Å²) in [6.45, 7) is 1.11. The Bertz CT molecular complexity index is 918. The number of anilines is 1. The van der Waals surface area contributed by atoms with Gasteiger partial charge in [-0.25, -0.2) is 0 Å². The minimum atomic E-state index is -0.801. The van der Waals surface area contributed by atoms with Crippen molar-refractivity contribution in [1.29, 1.82) is 0 Å². The fraction of sp³-hybridized carbons (Fsp3) is 0.444. The van der Waals surface area contributed by atoms with Crippen molar-refractivity contribution in [3.8, 4) is 5.75 Å². The predicted octanol–water partition coefficient (Wildman–Crippen LogP) is 0.153. The van der Waals surface area contributed by atoms with Gasteiger partial charge in [-0.2, -0.15) is 5.10 Å². The van der Waals surface area contributed by atoms with Crippen LogP contribution < -0.4 is 9.64 Å². The van der Waals surface area contributed by atoms with Crippen LogP contribution >= 0.6 is 0 Å². The first-order valence-electron chi connectivity index (χ1n) is 9.22. The molecule has 10 heteroatoms. The lowest BCUT2D eigenvalue weighted by atomic mass is 10.1. The topological polar surface area (TPSA) is 90.9 Å². The Morgan fingerprint density at radius 2 is 2.25 bits per heavy atom. The first-order valence-corrected chi connectivity index (χ1v) is 9.22. The summed E-state index contributed by atoms with van der Waals surface area (Å²) in [6.07, 6.45) is 5.88. The van der Waals surface area contributed by atoms with Crippen LogP contribution in [0.2, 0.25) is 0 Å². The Labute approximate surface area is 162 Å². The van der Waals surface area contributed by atoms with Gasteiger partial charge in [0.2, 0.25) is 6.35 Å². The van der Waals surface area contributed by atoms with E-state index < -0.39 is 6.35 Å². The molecule has 1 saturated heterocycles. The SMILES string of the molecule is CN(C)C1CCN1C(=O)c1cc2c([nH]1)N(C1=CC3=NN(C)C(O)N3C=C1)CO2. The second-order valence-electron chi connectivity index (χ2n) is 7.50. The van der Waals surface area contributed by atoms with Crippen LogP contribution in [0.3, 0.4) is 0 Å². The zero-order valence-electron chi connectivity index (χ0n) is 16.0. The quantitative estimate of drug-likeness (QED) is 0.766. The molecule has 0 spiro atoms. The van der Waals surface area contributed by atoms with Gasteiger partial charge in [0.05, 0.1) is 11.9 Å². The summed E-state index contributed by atoms with van der Waals surface area (Å²) < 4.78 is 5.78. The molecule has 2 atom stereocenters.